The van der Waals surface area contributed by atoms with Gasteiger partial charge in [0.2, 0.25) is 5.90 Å². The van der Waals surface area contributed by atoms with Crippen LogP contribution < -0.4 is 19.1 Å². The topological polar surface area (TPSA) is 93.0 Å². The van der Waals surface area contributed by atoms with Crippen molar-refractivity contribution >= 4 is 23.8 Å². The van der Waals surface area contributed by atoms with Crippen LogP contribution in [0.4, 0.5) is 5.69 Å². The Balaban J connectivity index is 0.00000441. The number of aliphatic hydroxyl groups is 1. The van der Waals surface area contributed by atoms with Crippen molar-refractivity contribution in [1.82, 2.24) is 0 Å². The van der Waals surface area contributed by atoms with Crippen LogP contribution in [-0.4, -0.2) is 44.0 Å². The Morgan fingerprint density at radius 1 is 1.02 bits per heavy atom. The first-order valence-corrected chi connectivity index (χ1v) is 12.7. The molecule has 0 aromatic heterocycles. The molecule has 1 aliphatic rings. The maximum atomic E-state index is 11.5. The number of rotatable bonds is 9. The van der Waals surface area contributed by atoms with Crippen LogP contribution in [0.5, 0.6) is 17.2 Å². The zero-order chi connectivity index (χ0) is 28.0. The summed E-state index contributed by atoms with van der Waals surface area (Å²) in [5.74, 6) is 1.07. The number of carbonyl (C=O) groups is 1. The molecule has 1 atom stereocenters. The van der Waals surface area contributed by atoms with Crippen LogP contribution in [-0.2, 0) is 33.4 Å². The third kappa shape index (κ3) is 6.38. The number of allylic oxidation sites excluding steroid dienone is 2. The summed E-state index contributed by atoms with van der Waals surface area (Å²) in [4.78, 5) is 13.8. The zero-order valence-electron chi connectivity index (χ0n) is 23.2. The molecule has 4 rings (SSSR count). The molecular weight excluding hydrogens is 553 g/mol. The van der Waals surface area contributed by atoms with Gasteiger partial charge in [0.1, 0.15) is 5.75 Å². The van der Waals surface area contributed by atoms with Gasteiger partial charge in [0, 0.05) is 52.6 Å². The van der Waals surface area contributed by atoms with E-state index in [1.165, 1.54) is 6.92 Å². The van der Waals surface area contributed by atoms with Gasteiger partial charge in [-0.05, 0) is 79.9 Å². The Hall–Kier alpha value is -4.08. The number of methoxy groups -OCH3 is 2. The standard InChI is InChI=1S/C31H33N3O5.Co/c1-6-34-26-14-13-24(37-4)19-25(26)31(3,20-22-12-15-27(39-21(2)35)28(18-22)38-5)29(34)16-17-32-33-30(36)23-10-8-7-9-11-23;/h7-19H,6,20H2,1-5H3,(H,33,36);/b29-16-,32-17+;. The summed E-state index contributed by atoms with van der Waals surface area (Å²) in [5.41, 5.74) is 4.34. The van der Waals surface area contributed by atoms with Crippen molar-refractivity contribution in [2.75, 3.05) is 25.7 Å². The summed E-state index contributed by atoms with van der Waals surface area (Å²) in [6.45, 7) is 6.37. The van der Waals surface area contributed by atoms with Crippen LogP contribution in [0.2, 0.25) is 0 Å². The molecule has 3 aromatic carbocycles. The molecule has 0 amide bonds. The molecule has 211 valence electrons. The molecule has 1 aliphatic heterocycles. The second-order valence-corrected chi connectivity index (χ2v) is 9.32. The number of likely N-dealkylation sites (N-methyl/N-ethyl adjacent to an activating group) is 1. The van der Waals surface area contributed by atoms with Crippen molar-refractivity contribution in [2.45, 2.75) is 32.6 Å². The van der Waals surface area contributed by atoms with E-state index in [1.54, 1.807) is 38.6 Å². The maximum Gasteiger partial charge on any atom is 0.308 e. The van der Waals surface area contributed by atoms with E-state index < -0.39 is 11.4 Å². The zero-order valence-corrected chi connectivity index (χ0v) is 24.2. The molecule has 8 nitrogen and oxygen atoms in total. The molecule has 1 heterocycles. The molecule has 0 bridgehead atoms. The fourth-order valence-electron chi connectivity index (χ4n) is 4.99. The largest absolute Gasteiger partial charge is 0.497 e. The molecular formula is C31H33CoN3O5. The number of nitrogens with zero attached hydrogens (tertiary/aromatic N) is 3. The fraction of sp³-hybridized carbons (Fsp3) is 0.258. The molecule has 3 aromatic rings. The third-order valence-electron chi connectivity index (χ3n) is 6.78. The number of esters is 1. The van der Waals surface area contributed by atoms with Crippen molar-refractivity contribution in [3.8, 4) is 17.2 Å². The second-order valence-electron chi connectivity index (χ2n) is 9.32. The van der Waals surface area contributed by atoms with Gasteiger partial charge in [-0.1, -0.05) is 24.3 Å². The number of hydrogen-bond acceptors (Lipinski definition) is 7. The first kappa shape index (κ1) is 30.5. The fourth-order valence-corrected chi connectivity index (χ4v) is 4.99. The number of benzene rings is 3. The van der Waals surface area contributed by atoms with Crippen molar-refractivity contribution in [2.24, 2.45) is 10.2 Å². The van der Waals surface area contributed by atoms with Crippen molar-refractivity contribution in [3.05, 3.63) is 95.2 Å². The van der Waals surface area contributed by atoms with Gasteiger partial charge in [-0.2, -0.15) is 5.10 Å². The van der Waals surface area contributed by atoms with E-state index >= 15 is 0 Å². The van der Waals surface area contributed by atoms with Gasteiger partial charge < -0.3 is 24.2 Å². The number of ether oxygens (including phenoxy) is 3. The Morgan fingerprint density at radius 3 is 2.42 bits per heavy atom. The van der Waals surface area contributed by atoms with Crippen molar-refractivity contribution in [1.29, 1.82) is 0 Å². The van der Waals surface area contributed by atoms with E-state index in [4.69, 9.17) is 14.2 Å². The number of fused-ring (bicyclic) bond motifs is 1. The van der Waals surface area contributed by atoms with Crippen LogP contribution in [0.3, 0.4) is 0 Å². The predicted molar refractivity (Wildman–Crippen MR) is 154 cm³/mol. The van der Waals surface area contributed by atoms with E-state index in [-0.39, 0.29) is 22.7 Å². The first-order valence-electron chi connectivity index (χ1n) is 12.7. The molecule has 1 N–H and O–H groups in total. The molecule has 0 aliphatic carbocycles. The van der Waals surface area contributed by atoms with Gasteiger partial charge in [0.05, 0.1) is 20.4 Å². The van der Waals surface area contributed by atoms with Crippen molar-refractivity contribution in [3.63, 3.8) is 0 Å². The van der Waals surface area contributed by atoms with Crippen LogP contribution in [0.1, 0.15) is 37.5 Å². The summed E-state index contributed by atoms with van der Waals surface area (Å²) in [6, 6.07) is 20.7. The minimum Gasteiger partial charge on any atom is -0.497 e. The van der Waals surface area contributed by atoms with Crippen LogP contribution in [0.25, 0.3) is 0 Å². The minimum atomic E-state index is -0.467. The van der Waals surface area contributed by atoms with Crippen molar-refractivity contribution < 1.29 is 40.9 Å². The SMILES string of the molecule is CCN1\C(=C/C=N/N=C(\O)c2ccccc2)C(C)(Cc2ccc(OC(C)=O)c(OC)c2)c2cc(OC)ccc21.[Co]. The van der Waals surface area contributed by atoms with Gasteiger partial charge in [-0.3, -0.25) is 4.79 Å². The molecule has 40 heavy (non-hydrogen) atoms. The second kappa shape index (κ2) is 13.3. The quantitative estimate of drug-likeness (QED) is 0.111. The van der Waals surface area contributed by atoms with Gasteiger partial charge in [0.15, 0.2) is 11.5 Å². The Bertz CT molecular complexity index is 1440. The summed E-state index contributed by atoms with van der Waals surface area (Å²) in [7, 11) is 3.21. The monoisotopic (exact) mass is 586 g/mol. The number of aliphatic hydroxyl groups excluding tert-OH is 1. The Kier molecular flexibility index (Phi) is 10.1. The molecule has 9 heteroatoms. The first-order chi connectivity index (χ1) is 18.8. The number of hydrogen-bond donors (Lipinski definition) is 1. The normalized spacial score (nSPS) is 17.5. The molecule has 1 unspecified atom stereocenters. The molecule has 0 saturated heterocycles. The van der Waals surface area contributed by atoms with Crippen LogP contribution in [0.15, 0.2) is 88.7 Å². The van der Waals surface area contributed by atoms with E-state index in [9.17, 15) is 9.90 Å². The maximum absolute atomic E-state index is 11.5. The predicted octanol–water partition coefficient (Wildman–Crippen LogP) is 5.84. The van der Waals surface area contributed by atoms with Gasteiger partial charge in [-0.25, -0.2) is 0 Å². The summed E-state index contributed by atoms with van der Waals surface area (Å²) < 4.78 is 16.4. The minimum absolute atomic E-state index is 0. The van der Waals surface area contributed by atoms with E-state index in [2.05, 4.69) is 41.1 Å². The molecule has 1 radical (unpaired) electrons. The van der Waals surface area contributed by atoms with Crippen LogP contribution in [0, 0.1) is 0 Å². The number of anilines is 1. The average molecular weight is 587 g/mol. The third-order valence-corrected chi connectivity index (χ3v) is 6.78. The van der Waals surface area contributed by atoms with E-state index in [1.807, 2.05) is 42.5 Å². The molecule has 0 fully saturated rings. The van der Waals surface area contributed by atoms with Gasteiger partial charge in [-0.15, -0.1) is 5.10 Å². The molecule has 0 saturated carbocycles. The number of carbonyl (C=O) groups excluding carboxylic acids is 1. The Labute approximate surface area is 245 Å². The molecule has 0 spiro atoms. The summed E-state index contributed by atoms with van der Waals surface area (Å²) in [6.07, 6.45) is 4.16. The Morgan fingerprint density at radius 2 is 1.77 bits per heavy atom. The van der Waals surface area contributed by atoms with Gasteiger partial charge in [0.25, 0.3) is 0 Å². The smallest absolute Gasteiger partial charge is 0.308 e. The average Bonchev–Trinajstić information content (AvgIpc) is 3.17. The van der Waals surface area contributed by atoms with E-state index in [0.29, 0.717) is 23.5 Å². The van der Waals surface area contributed by atoms with Crippen LogP contribution >= 0.6 is 0 Å². The van der Waals surface area contributed by atoms with E-state index in [0.717, 1.165) is 34.8 Å². The van der Waals surface area contributed by atoms with Gasteiger partial charge >= 0.3 is 5.97 Å². The summed E-state index contributed by atoms with van der Waals surface area (Å²) >= 11 is 0. The summed E-state index contributed by atoms with van der Waals surface area (Å²) in [5, 5.41) is 18.4.